The highest BCUT2D eigenvalue weighted by molar-refractivity contribution is 7.13. The van der Waals surface area contributed by atoms with Crippen LogP contribution in [0.3, 0.4) is 0 Å². The summed E-state index contributed by atoms with van der Waals surface area (Å²) in [4.78, 5) is 27.4. The van der Waals surface area contributed by atoms with E-state index in [1.165, 1.54) is 30.6 Å². The van der Waals surface area contributed by atoms with Crippen molar-refractivity contribution >= 4 is 45.6 Å². The van der Waals surface area contributed by atoms with Crippen LogP contribution in [0, 0.1) is 0 Å². The number of aromatic nitrogens is 1. The Hall–Kier alpha value is -2.12. The third-order valence-corrected chi connectivity index (χ3v) is 3.62. The number of hydrogen-bond donors (Lipinski definition) is 2. The molecule has 6 nitrogen and oxygen atoms in total. The van der Waals surface area contributed by atoms with Crippen molar-refractivity contribution in [2.45, 2.75) is 6.42 Å². The first-order chi connectivity index (χ1) is 9.99. The van der Waals surface area contributed by atoms with Crippen molar-refractivity contribution in [3.8, 4) is 0 Å². The van der Waals surface area contributed by atoms with Crippen molar-refractivity contribution in [1.29, 1.82) is 0 Å². The third-order valence-electron chi connectivity index (χ3n) is 2.57. The van der Waals surface area contributed by atoms with E-state index in [1.807, 2.05) is 0 Å². The largest absolute Gasteiger partial charge is 0.465 e. The Morgan fingerprint density at radius 1 is 1.48 bits per heavy atom. The number of rotatable bonds is 4. The number of nitrogens with zero attached hydrogens (tertiary/aromatic N) is 1. The molecule has 0 saturated heterocycles. The summed E-state index contributed by atoms with van der Waals surface area (Å²) in [6.07, 6.45) is 0.101. The number of hydrogen-bond acceptors (Lipinski definition) is 6. The van der Waals surface area contributed by atoms with E-state index in [0.717, 1.165) is 0 Å². The topological polar surface area (TPSA) is 94.3 Å². The van der Waals surface area contributed by atoms with E-state index in [0.29, 0.717) is 16.5 Å². The molecule has 0 spiro atoms. The van der Waals surface area contributed by atoms with Gasteiger partial charge in [-0.05, 0) is 18.2 Å². The SMILES string of the molecule is COC(=O)c1cc(NC(=O)Cc2csc(N)n2)ccc1Cl. The van der Waals surface area contributed by atoms with E-state index in [-0.39, 0.29) is 22.9 Å². The lowest BCUT2D eigenvalue weighted by molar-refractivity contribution is -0.115. The van der Waals surface area contributed by atoms with Crippen LogP contribution >= 0.6 is 22.9 Å². The molecule has 0 aliphatic rings. The molecule has 0 aliphatic heterocycles. The molecule has 8 heteroatoms. The minimum atomic E-state index is -0.566. The van der Waals surface area contributed by atoms with Gasteiger partial charge in [0, 0.05) is 11.1 Å². The first kappa shape index (κ1) is 15.3. The highest BCUT2D eigenvalue weighted by atomic mass is 35.5. The van der Waals surface area contributed by atoms with Crippen molar-refractivity contribution in [1.82, 2.24) is 4.98 Å². The number of nitrogens with two attached hydrogens (primary N) is 1. The van der Waals surface area contributed by atoms with Crippen molar-refractivity contribution in [2.75, 3.05) is 18.2 Å². The second-order valence-corrected chi connectivity index (χ2v) is 5.39. The molecule has 1 aromatic heterocycles. The van der Waals surface area contributed by atoms with E-state index in [1.54, 1.807) is 11.4 Å². The number of carbonyl (C=O) groups is 2. The second kappa shape index (κ2) is 6.55. The summed E-state index contributed by atoms with van der Waals surface area (Å²) in [6.45, 7) is 0. The number of esters is 1. The molecule has 0 bridgehead atoms. The fraction of sp³-hybridized carbons (Fsp3) is 0.154. The minimum Gasteiger partial charge on any atom is -0.465 e. The Labute approximate surface area is 129 Å². The van der Waals surface area contributed by atoms with E-state index >= 15 is 0 Å². The number of nitrogens with one attached hydrogen (secondary N) is 1. The molecule has 110 valence electrons. The summed E-state index contributed by atoms with van der Waals surface area (Å²) in [6, 6.07) is 4.58. The quantitative estimate of drug-likeness (QED) is 0.841. The Kier molecular flexibility index (Phi) is 4.77. The van der Waals surface area contributed by atoms with Crippen LogP contribution in [0.4, 0.5) is 10.8 Å². The Bertz CT molecular complexity index is 687. The molecule has 1 aromatic carbocycles. The molecule has 0 fully saturated rings. The first-order valence-corrected chi connectivity index (χ1v) is 7.13. The van der Waals surface area contributed by atoms with Crippen LogP contribution in [-0.2, 0) is 16.0 Å². The molecule has 0 atom stereocenters. The number of thiazole rings is 1. The molecule has 21 heavy (non-hydrogen) atoms. The molecule has 3 N–H and O–H groups in total. The van der Waals surface area contributed by atoms with Crippen LogP contribution in [0.2, 0.25) is 5.02 Å². The monoisotopic (exact) mass is 325 g/mol. The van der Waals surface area contributed by atoms with E-state index in [9.17, 15) is 9.59 Å². The maximum Gasteiger partial charge on any atom is 0.339 e. The van der Waals surface area contributed by atoms with Crippen LogP contribution in [-0.4, -0.2) is 24.0 Å². The van der Waals surface area contributed by atoms with Gasteiger partial charge < -0.3 is 15.8 Å². The molecule has 1 heterocycles. The van der Waals surface area contributed by atoms with Gasteiger partial charge in [-0.3, -0.25) is 4.79 Å². The lowest BCUT2D eigenvalue weighted by atomic mass is 10.2. The van der Waals surface area contributed by atoms with E-state index in [4.69, 9.17) is 17.3 Å². The van der Waals surface area contributed by atoms with Crippen LogP contribution < -0.4 is 11.1 Å². The smallest absolute Gasteiger partial charge is 0.339 e. The minimum absolute atomic E-state index is 0.101. The van der Waals surface area contributed by atoms with Gasteiger partial charge >= 0.3 is 5.97 Å². The molecule has 0 unspecified atom stereocenters. The lowest BCUT2D eigenvalue weighted by Crippen LogP contribution is -2.15. The Balaban J connectivity index is 2.08. The van der Waals surface area contributed by atoms with Crippen molar-refractivity contribution < 1.29 is 14.3 Å². The van der Waals surface area contributed by atoms with Gasteiger partial charge in [0.25, 0.3) is 0 Å². The van der Waals surface area contributed by atoms with Crippen LogP contribution in [0.15, 0.2) is 23.6 Å². The van der Waals surface area contributed by atoms with Gasteiger partial charge in [0.05, 0.1) is 29.8 Å². The average Bonchev–Trinajstić information content (AvgIpc) is 2.85. The van der Waals surface area contributed by atoms with Crippen molar-refractivity contribution in [2.24, 2.45) is 0 Å². The van der Waals surface area contributed by atoms with Gasteiger partial charge in [-0.1, -0.05) is 11.6 Å². The summed E-state index contributed by atoms with van der Waals surface area (Å²) in [7, 11) is 1.26. The van der Waals surface area contributed by atoms with Crippen LogP contribution in [0.5, 0.6) is 0 Å². The highest BCUT2D eigenvalue weighted by Gasteiger charge is 2.13. The summed E-state index contributed by atoms with van der Waals surface area (Å²) in [5.41, 5.74) is 6.74. The predicted octanol–water partition coefficient (Wildman–Crippen LogP) is 2.35. The normalized spacial score (nSPS) is 10.2. The van der Waals surface area contributed by atoms with Crippen molar-refractivity contribution in [3.63, 3.8) is 0 Å². The first-order valence-electron chi connectivity index (χ1n) is 5.87. The average molecular weight is 326 g/mol. The van der Waals surface area contributed by atoms with Gasteiger partial charge in [0.2, 0.25) is 5.91 Å². The van der Waals surface area contributed by atoms with E-state index in [2.05, 4.69) is 15.0 Å². The standard InChI is InChI=1S/C13H12ClN3O3S/c1-20-12(19)9-4-7(2-3-10(9)14)16-11(18)5-8-6-21-13(15)17-8/h2-4,6H,5H2,1H3,(H2,15,17)(H,16,18). The summed E-state index contributed by atoms with van der Waals surface area (Å²) in [5, 5.41) is 5.05. The maximum absolute atomic E-state index is 11.9. The summed E-state index contributed by atoms with van der Waals surface area (Å²) >= 11 is 7.17. The Morgan fingerprint density at radius 2 is 2.24 bits per heavy atom. The maximum atomic E-state index is 11.9. The third kappa shape index (κ3) is 3.93. The Morgan fingerprint density at radius 3 is 2.86 bits per heavy atom. The van der Waals surface area contributed by atoms with Crippen LogP contribution in [0.25, 0.3) is 0 Å². The van der Waals surface area contributed by atoms with Gasteiger partial charge in [-0.2, -0.15) is 0 Å². The van der Waals surface area contributed by atoms with Crippen molar-refractivity contribution in [3.05, 3.63) is 39.9 Å². The summed E-state index contributed by atoms with van der Waals surface area (Å²) in [5.74, 6) is -0.832. The molecule has 0 aliphatic carbocycles. The molecule has 0 saturated carbocycles. The van der Waals surface area contributed by atoms with E-state index < -0.39 is 5.97 Å². The number of methoxy groups -OCH3 is 1. The van der Waals surface area contributed by atoms with Gasteiger partial charge in [0.15, 0.2) is 5.13 Å². The molecular weight excluding hydrogens is 314 g/mol. The molecule has 2 aromatic rings. The predicted molar refractivity (Wildman–Crippen MR) is 81.7 cm³/mol. The number of halogens is 1. The fourth-order valence-electron chi connectivity index (χ4n) is 1.64. The molecular formula is C13H12ClN3O3S. The number of nitrogen functional groups attached to an aromatic ring is 1. The molecule has 0 radical (unpaired) electrons. The van der Waals surface area contributed by atoms with Gasteiger partial charge in [0.1, 0.15) is 0 Å². The fourth-order valence-corrected chi connectivity index (χ4v) is 2.40. The second-order valence-electron chi connectivity index (χ2n) is 4.09. The zero-order valence-corrected chi connectivity index (χ0v) is 12.6. The zero-order valence-electron chi connectivity index (χ0n) is 11.1. The zero-order chi connectivity index (χ0) is 15.4. The highest BCUT2D eigenvalue weighted by Crippen LogP contribution is 2.21. The lowest BCUT2D eigenvalue weighted by Gasteiger charge is -2.07. The molecule has 1 amide bonds. The van der Waals surface area contributed by atoms with Gasteiger partial charge in [-0.15, -0.1) is 11.3 Å². The summed E-state index contributed by atoms with van der Waals surface area (Å²) < 4.78 is 4.62. The number of carbonyl (C=O) groups excluding carboxylic acids is 2. The number of benzene rings is 1. The van der Waals surface area contributed by atoms with Gasteiger partial charge in [-0.25, -0.2) is 9.78 Å². The number of anilines is 2. The number of amides is 1. The van der Waals surface area contributed by atoms with Crippen LogP contribution in [0.1, 0.15) is 16.1 Å². The number of ether oxygens (including phenoxy) is 1. The molecule has 2 rings (SSSR count).